The third-order valence-electron chi connectivity index (χ3n) is 9.42. The molecule has 3 amide bonds. The van der Waals surface area contributed by atoms with E-state index in [2.05, 4.69) is 35.8 Å². The van der Waals surface area contributed by atoms with Gasteiger partial charge in [0.25, 0.3) is 0 Å². The highest BCUT2D eigenvalue weighted by Crippen LogP contribution is 2.34. The average Bonchev–Trinajstić information content (AvgIpc) is 3.75. The Morgan fingerprint density at radius 2 is 1.62 bits per heavy atom. The van der Waals surface area contributed by atoms with E-state index < -0.39 is 0 Å². The van der Waals surface area contributed by atoms with Gasteiger partial charge in [0.1, 0.15) is 11.3 Å². The SMILES string of the molecule is C=CC(=O)N1C[C@@H](C)N(C(=O)N2CCC(c3ccc(-n4c(-c5cccnc5N)nc5ccc(-c6ccccc6)nc54)cc3)C2)C[C@@H]1C. The monoisotopic (exact) mass is 626 g/mol. The van der Waals surface area contributed by atoms with Gasteiger partial charge in [0.2, 0.25) is 5.91 Å². The number of anilines is 1. The number of benzene rings is 2. The summed E-state index contributed by atoms with van der Waals surface area (Å²) in [5, 5.41) is 0. The lowest BCUT2D eigenvalue weighted by atomic mass is 9.98. The molecule has 3 atom stereocenters. The molecule has 7 rings (SSSR count). The van der Waals surface area contributed by atoms with Crippen LogP contribution in [0, 0.1) is 0 Å². The fraction of sp³-hybridized carbons (Fsp3) is 0.270. The van der Waals surface area contributed by atoms with Crippen molar-refractivity contribution in [2.75, 3.05) is 31.9 Å². The number of piperazine rings is 1. The number of hydrogen-bond acceptors (Lipinski definition) is 6. The lowest BCUT2D eigenvalue weighted by molar-refractivity contribution is -0.131. The van der Waals surface area contributed by atoms with Crippen molar-refractivity contribution in [2.24, 2.45) is 0 Å². The van der Waals surface area contributed by atoms with E-state index in [1.54, 1.807) is 11.1 Å². The minimum atomic E-state index is -0.0896. The van der Waals surface area contributed by atoms with Crippen molar-refractivity contribution < 1.29 is 9.59 Å². The Labute approximate surface area is 274 Å². The Kier molecular flexibility index (Phi) is 7.93. The number of hydrogen-bond donors (Lipinski definition) is 1. The third-order valence-corrected chi connectivity index (χ3v) is 9.42. The Balaban J connectivity index is 1.15. The molecule has 10 nitrogen and oxygen atoms in total. The predicted molar refractivity (Wildman–Crippen MR) is 184 cm³/mol. The average molecular weight is 627 g/mol. The molecule has 3 aromatic heterocycles. The number of carbonyl (C=O) groups excluding carboxylic acids is 2. The number of nitrogen functional groups attached to an aromatic ring is 1. The molecule has 2 aliphatic rings. The standard InChI is InChI=1S/C37H38N8O2/c1-4-33(46)43-21-25(3)44(22-24(43)2)37(47)42-20-18-28(23-42)26-12-14-29(15-13-26)45-35(30-11-8-19-39-34(30)38)41-32-17-16-31(40-36(32)45)27-9-6-5-7-10-27/h4-17,19,24-25,28H,1,18,20-23H2,2-3H3,(H2,38,39)/t24-,25+,28?/m0/s1. The van der Waals surface area contributed by atoms with Crippen molar-refractivity contribution in [1.82, 2.24) is 34.2 Å². The molecule has 10 heteroatoms. The van der Waals surface area contributed by atoms with Crippen LogP contribution in [0.3, 0.4) is 0 Å². The maximum Gasteiger partial charge on any atom is 0.320 e. The molecular formula is C37H38N8O2. The molecule has 2 N–H and O–H groups in total. The first-order valence-corrected chi connectivity index (χ1v) is 16.1. The number of carbonyl (C=O) groups is 2. The smallest absolute Gasteiger partial charge is 0.320 e. The molecule has 2 saturated heterocycles. The van der Waals surface area contributed by atoms with Crippen LogP contribution in [-0.2, 0) is 4.79 Å². The second-order valence-electron chi connectivity index (χ2n) is 12.5. The highest BCUT2D eigenvalue weighted by atomic mass is 16.2. The van der Waals surface area contributed by atoms with Gasteiger partial charge in [0, 0.05) is 61.6 Å². The lowest BCUT2D eigenvalue weighted by Gasteiger charge is -2.44. The second-order valence-corrected chi connectivity index (χ2v) is 12.5. The summed E-state index contributed by atoms with van der Waals surface area (Å²) >= 11 is 0. The first-order valence-electron chi connectivity index (χ1n) is 16.1. The number of rotatable bonds is 5. The number of aromatic nitrogens is 4. The van der Waals surface area contributed by atoms with Crippen molar-refractivity contribution in [1.29, 1.82) is 0 Å². The lowest BCUT2D eigenvalue weighted by Crippen LogP contribution is -2.61. The molecular weight excluding hydrogens is 588 g/mol. The van der Waals surface area contributed by atoms with E-state index >= 15 is 0 Å². The molecule has 0 radical (unpaired) electrons. The number of nitrogens with zero attached hydrogens (tertiary/aromatic N) is 7. The molecule has 5 aromatic rings. The highest BCUT2D eigenvalue weighted by molar-refractivity contribution is 5.88. The summed E-state index contributed by atoms with van der Waals surface area (Å²) in [6.07, 6.45) is 3.91. The summed E-state index contributed by atoms with van der Waals surface area (Å²) < 4.78 is 2.04. The van der Waals surface area contributed by atoms with E-state index in [0.29, 0.717) is 37.8 Å². The van der Waals surface area contributed by atoms with Gasteiger partial charge in [-0.15, -0.1) is 0 Å². The summed E-state index contributed by atoms with van der Waals surface area (Å²) in [4.78, 5) is 45.9. The van der Waals surface area contributed by atoms with E-state index in [0.717, 1.165) is 40.1 Å². The van der Waals surface area contributed by atoms with Crippen LogP contribution in [0.25, 0.3) is 39.5 Å². The fourth-order valence-corrected chi connectivity index (χ4v) is 6.86. The van der Waals surface area contributed by atoms with Gasteiger partial charge in [-0.2, -0.15) is 0 Å². The number of likely N-dealkylation sites (tertiary alicyclic amines) is 1. The van der Waals surface area contributed by atoms with Gasteiger partial charge in [-0.3, -0.25) is 9.36 Å². The van der Waals surface area contributed by atoms with Gasteiger partial charge in [0.15, 0.2) is 11.5 Å². The van der Waals surface area contributed by atoms with Crippen LogP contribution >= 0.6 is 0 Å². The predicted octanol–water partition coefficient (Wildman–Crippen LogP) is 5.75. The van der Waals surface area contributed by atoms with Crippen molar-refractivity contribution in [3.05, 3.63) is 103 Å². The van der Waals surface area contributed by atoms with Gasteiger partial charge in [0.05, 0.1) is 11.3 Å². The van der Waals surface area contributed by atoms with Crippen molar-refractivity contribution in [2.45, 2.75) is 38.3 Å². The number of amides is 3. The van der Waals surface area contributed by atoms with Crippen molar-refractivity contribution >= 4 is 28.9 Å². The van der Waals surface area contributed by atoms with Crippen molar-refractivity contribution in [3.63, 3.8) is 0 Å². The van der Waals surface area contributed by atoms with Crippen LogP contribution < -0.4 is 5.73 Å². The molecule has 0 aliphatic carbocycles. The maximum absolute atomic E-state index is 13.6. The van der Waals surface area contributed by atoms with Crippen LogP contribution in [0.5, 0.6) is 0 Å². The van der Waals surface area contributed by atoms with Gasteiger partial charge in [-0.25, -0.2) is 19.7 Å². The summed E-state index contributed by atoms with van der Waals surface area (Å²) in [5.41, 5.74) is 12.5. The normalized spacial score (nSPS) is 19.7. The molecule has 0 bridgehead atoms. The zero-order chi connectivity index (χ0) is 32.7. The first kappa shape index (κ1) is 30.2. The van der Waals surface area contributed by atoms with Crippen LogP contribution in [0.2, 0.25) is 0 Å². The number of nitrogens with two attached hydrogens (primary N) is 1. The molecule has 5 heterocycles. The fourth-order valence-electron chi connectivity index (χ4n) is 6.86. The molecule has 238 valence electrons. The number of imidazole rings is 1. The first-order chi connectivity index (χ1) is 22.8. The van der Waals surface area contributed by atoms with Crippen LogP contribution in [0.1, 0.15) is 31.7 Å². The summed E-state index contributed by atoms with van der Waals surface area (Å²) in [6, 6.07) is 26.2. The molecule has 2 aromatic carbocycles. The zero-order valence-corrected chi connectivity index (χ0v) is 26.7. The van der Waals surface area contributed by atoms with Crippen LogP contribution in [-0.4, -0.2) is 84.4 Å². The van der Waals surface area contributed by atoms with Crippen LogP contribution in [0.4, 0.5) is 10.6 Å². The third kappa shape index (κ3) is 5.60. The minimum Gasteiger partial charge on any atom is -0.383 e. The van der Waals surface area contributed by atoms with E-state index in [-0.39, 0.29) is 29.9 Å². The quantitative estimate of drug-likeness (QED) is 0.249. The van der Waals surface area contributed by atoms with Gasteiger partial charge in [-0.05, 0) is 68.3 Å². The molecule has 1 unspecified atom stereocenters. The van der Waals surface area contributed by atoms with E-state index in [1.807, 2.05) is 82.8 Å². The summed E-state index contributed by atoms with van der Waals surface area (Å²) in [7, 11) is 0. The number of urea groups is 1. The highest BCUT2D eigenvalue weighted by Gasteiger charge is 2.37. The topological polar surface area (TPSA) is 113 Å². The van der Waals surface area contributed by atoms with E-state index in [1.165, 1.54) is 11.6 Å². The molecule has 2 aliphatic heterocycles. The molecule has 2 fully saturated rings. The second kappa shape index (κ2) is 12.4. The maximum atomic E-state index is 13.6. The molecule has 0 saturated carbocycles. The minimum absolute atomic E-state index is 0.0399. The number of pyridine rings is 2. The zero-order valence-electron chi connectivity index (χ0n) is 26.7. The van der Waals surface area contributed by atoms with Gasteiger partial charge < -0.3 is 20.4 Å². The van der Waals surface area contributed by atoms with E-state index in [4.69, 9.17) is 15.7 Å². The molecule has 47 heavy (non-hydrogen) atoms. The molecule has 0 spiro atoms. The number of fused-ring (bicyclic) bond motifs is 1. The van der Waals surface area contributed by atoms with E-state index in [9.17, 15) is 9.59 Å². The summed E-state index contributed by atoms with van der Waals surface area (Å²) in [5.74, 6) is 1.21. The van der Waals surface area contributed by atoms with Crippen molar-refractivity contribution in [3.8, 4) is 28.3 Å². The Bertz CT molecular complexity index is 1950. The van der Waals surface area contributed by atoms with Gasteiger partial charge in [-0.1, -0.05) is 49.0 Å². The Morgan fingerprint density at radius 3 is 2.36 bits per heavy atom. The largest absolute Gasteiger partial charge is 0.383 e. The van der Waals surface area contributed by atoms with Crippen LogP contribution in [0.15, 0.2) is 97.7 Å². The Hall–Kier alpha value is -5.51. The summed E-state index contributed by atoms with van der Waals surface area (Å²) in [6.45, 7) is 9.98. The van der Waals surface area contributed by atoms with Gasteiger partial charge >= 0.3 is 6.03 Å². The Morgan fingerprint density at radius 1 is 0.872 bits per heavy atom.